The summed E-state index contributed by atoms with van der Waals surface area (Å²) in [4.78, 5) is 2.51. The van der Waals surface area contributed by atoms with Gasteiger partial charge in [-0.1, -0.05) is 39.0 Å². The van der Waals surface area contributed by atoms with E-state index in [0.29, 0.717) is 0 Å². The van der Waals surface area contributed by atoms with E-state index >= 15 is 0 Å². The zero-order valence-electron chi connectivity index (χ0n) is 10.0. The largest absolute Gasteiger partial charge is 0.387 e. The Hall–Kier alpha value is -0.0800. The van der Waals surface area contributed by atoms with E-state index in [0.717, 1.165) is 32.0 Å². The van der Waals surface area contributed by atoms with Crippen LogP contribution in [-0.4, -0.2) is 34.7 Å². The number of likely N-dealkylation sites (tertiary alicyclic amines) is 1. The lowest BCUT2D eigenvalue weighted by atomic mass is 9.86. The summed E-state index contributed by atoms with van der Waals surface area (Å²) in [6.07, 6.45) is 10.4. The van der Waals surface area contributed by atoms with Crippen molar-refractivity contribution in [3.8, 4) is 0 Å². The summed E-state index contributed by atoms with van der Waals surface area (Å²) >= 11 is 0. The topological polar surface area (TPSA) is 23.5 Å². The van der Waals surface area contributed by atoms with Gasteiger partial charge in [-0.3, -0.25) is 4.90 Å². The highest BCUT2D eigenvalue weighted by Gasteiger charge is 2.42. The van der Waals surface area contributed by atoms with Crippen LogP contribution in [-0.2, 0) is 0 Å². The van der Waals surface area contributed by atoms with Gasteiger partial charge in [0.05, 0.1) is 5.60 Å². The molecule has 0 aromatic carbocycles. The monoisotopic (exact) mass is 211 g/mol. The van der Waals surface area contributed by atoms with Crippen molar-refractivity contribution in [2.45, 2.75) is 69.9 Å². The van der Waals surface area contributed by atoms with Gasteiger partial charge in [-0.05, 0) is 19.3 Å². The van der Waals surface area contributed by atoms with E-state index in [4.69, 9.17) is 0 Å². The summed E-state index contributed by atoms with van der Waals surface area (Å²) in [6.45, 7) is 4.03. The number of hydrogen-bond donors (Lipinski definition) is 1. The van der Waals surface area contributed by atoms with Crippen LogP contribution >= 0.6 is 0 Å². The van der Waals surface area contributed by atoms with Crippen molar-refractivity contribution < 1.29 is 5.11 Å². The van der Waals surface area contributed by atoms with Crippen LogP contribution in [0.4, 0.5) is 0 Å². The molecule has 0 amide bonds. The van der Waals surface area contributed by atoms with Crippen LogP contribution in [0.5, 0.6) is 0 Å². The molecule has 0 unspecified atom stereocenters. The van der Waals surface area contributed by atoms with Gasteiger partial charge in [0, 0.05) is 19.1 Å². The van der Waals surface area contributed by atoms with Crippen molar-refractivity contribution in [3.63, 3.8) is 0 Å². The fraction of sp³-hybridized carbons (Fsp3) is 1.00. The zero-order valence-corrected chi connectivity index (χ0v) is 10.0. The molecular weight excluding hydrogens is 186 g/mol. The Bertz CT molecular complexity index is 191. The minimum atomic E-state index is -0.332. The Labute approximate surface area is 93.7 Å². The first kappa shape index (κ1) is 11.4. The molecule has 2 rings (SSSR count). The van der Waals surface area contributed by atoms with E-state index < -0.39 is 0 Å². The number of β-amino-alcohol motifs (C(OH)–C–C–N with tert-alkyl or cyclic N) is 1. The van der Waals surface area contributed by atoms with Crippen molar-refractivity contribution in [2.75, 3.05) is 13.1 Å². The standard InChI is InChI=1S/C13H25NO/c1-2-9-13(15)10-14(11-13)12-7-5-3-4-6-8-12/h12,15H,2-11H2,1H3. The molecule has 1 heterocycles. The average Bonchev–Trinajstić information content (AvgIpc) is 2.42. The lowest BCUT2D eigenvalue weighted by molar-refractivity contribution is -0.121. The molecule has 2 nitrogen and oxygen atoms in total. The Kier molecular flexibility index (Phi) is 3.68. The van der Waals surface area contributed by atoms with Gasteiger partial charge in [0.15, 0.2) is 0 Å². The molecule has 88 valence electrons. The molecule has 2 fully saturated rings. The lowest BCUT2D eigenvalue weighted by Gasteiger charge is -2.50. The van der Waals surface area contributed by atoms with Gasteiger partial charge in [-0.15, -0.1) is 0 Å². The van der Waals surface area contributed by atoms with Gasteiger partial charge in [0.25, 0.3) is 0 Å². The summed E-state index contributed by atoms with van der Waals surface area (Å²) in [5, 5.41) is 10.1. The van der Waals surface area contributed by atoms with Gasteiger partial charge >= 0.3 is 0 Å². The second kappa shape index (κ2) is 4.84. The first-order valence-corrected chi connectivity index (χ1v) is 6.70. The van der Waals surface area contributed by atoms with Crippen LogP contribution in [0.1, 0.15) is 58.3 Å². The molecule has 1 saturated heterocycles. The third kappa shape index (κ3) is 2.73. The fourth-order valence-electron chi connectivity index (χ4n) is 3.21. The maximum absolute atomic E-state index is 10.1. The minimum Gasteiger partial charge on any atom is -0.387 e. The Morgan fingerprint density at radius 1 is 1.13 bits per heavy atom. The maximum atomic E-state index is 10.1. The van der Waals surface area contributed by atoms with Gasteiger partial charge < -0.3 is 5.11 Å². The van der Waals surface area contributed by atoms with Crippen molar-refractivity contribution in [2.24, 2.45) is 0 Å². The van der Waals surface area contributed by atoms with Gasteiger partial charge in [-0.25, -0.2) is 0 Å². The summed E-state index contributed by atoms with van der Waals surface area (Å²) in [7, 11) is 0. The average molecular weight is 211 g/mol. The Morgan fingerprint density at radius 3 is 2.27 bits per heavy atom. The lowest BCUT2D eigenvalue weighted by Crippen LogP contribution is -2.64. The van der Waals surface area contributed by atoms with E-state index in [1.165, 1.54) is 38.5 Å². The highest BCUT2D eigenvalue weighted by molar-refractivity contribution is 4.98. The molecular formula is C13H25NO. The second-order valence-corrected chi connectivity index (χ2v) is 5.52. The normalized spacial score (nSPS) is 28.4. The molecule has 2 aliphatic rings. The SMILES string of the molecule is CCCC1(O)CN(C2CCCCCC2)C1. The number of aliphatic hydroxyl groups is 1. The van der Waals surface area contributed by atoms with Crippen molar-refractivity contribution in [3.05, 3.63) is 0 Å². The van der Waals surface area contributed by atoms with Crippen LogP contribution < -0.4 is 0 Å². The van der Waals surface area contributed by atoms with Crippen molar-refractivity contribution in [1.82, 2.24) is 4.90 Å². The van der Waals surface area contributed by atoms with E-state index in [9.17, 15) is 5.11 Å². The molecule has 0 atom stereocenters. The predicted octanol–water partition coefficient (Wildman–Crippen LogP) is 2.56. The van der Waals surface area contributed by atoms with Crippen LogP contribution in [0.3, 0.4) is 0 Å². The smallest absolute Gasteiger partial charge is 0.0900 e. The highest BCUT2D eigenvalue weighted by atomic mass is 16.3. The molecule has 15 heavy (non-hydrogen) atoms. The van der Waals surface area contributed by atoms with E-state index in [2.05, 4.69) is 11.8 Å². The quantitative estimate of drug-likeness (QED) is 0.725. The number of nitrogens with zero attached hydrogens (tertiary/aromatic N) is 1. The molecule has 0 bridgehead atoms. The van der Waals surface area contributed by atoms with Crippen molar-refractivity contribution >= 4 is 0 Å². The third-order valence-electron chi connectivity index (χ3n) is 4.05. The van der Waals surface area contributed by atoms with E-state index in [1.54, 1.807) is 0 Å². The molecule has 0 aromatic rings. The predicted molar refractivity (Wildman–Crippen MR) is 62.9 cm³/mol. The molecule has 0 aromatic heterocycles. The summed E-state index contributed by atoms with van der Waals surface area (Å²) in [6, 6.07) is 0.782. The molecule has 1 N–H and O–H groups in total. The molecule has 0 spiro atoms. The highest BCUT2D eigenvalue weighted by Crippen LogP contribution is 2.32. The summed E-state index contributed by atoms with van der Waals surface area (Å²) in [5.74, 6) is 0. The van der Waals surface area contributed by atoms with Gasteiger partial charge in [0.1, 0.15) is 0 Å². The first-order chi connectivity index (χ1) is 7.23. The van der Waals surface area contributed by atoms with Crippen LogP contribution in [0.15, 0.2) is 0 Å². The molecule has 2 heteroatoms. The Balaban J connectivity index is 1.77. The van der Waals surface area contributed by atoms with Crippen molar-refractivity contribution in [1.29, 1.82) is 0 Å². The number of hydrogen-bond acceptors (Lipinski definition) is 2. The van der Waals surface area contributed by atoms with Crippen LogP contribution in [0, 0.1) is 0 Å². The zero-order chi connectivity index (χ0) is 10.7. The van der Waals surface area contributed by atoms with Gasteiger partial charge in [-0.2, -0.15) is 0 Å². The second-order valence-electron chi connectivity index (χ2n) is 5.52. The third-order valence-corrected chi connectivity index (χ3v) is 4.05. The number of rotatable bonds is 3. The van der Waals surface area contributed by atoms with Crippen LogP contribution in [0.2, 0.25) is 0 Å². The summed E-state index contributed by atoms with van der Waals surface area (Å²) in [5.41, 5.74) is -0.332. The molecule has 1 saturated carbocycles. The van der Waals surface area contributed by atoms with E-state index in [1.807, 2.05) is 0 Å². The summed E-state index contributed by atoms with van der Waals surface area (Å²) < 4.78 is 0. The fourth-order valence-corrected chi connectivity index (χ4v) is 3.21. The van der Waals surface area contributed by atoms with Gasteiger partial charge in [0.2, 0.25) is 0 Å². The Morgan fingerprint density at radius 2 is 1.73 bits per heavy atom. The first-order valence-electron chi connectivity index (χ1n) is 6.70. The molecule has 1 aliphatic heterocycles. The molecule has 0 radical (unpaired) electrons. The van der Waals surface area contributed by atoms with E-state index in [-0.39, 0.29) is 5.60 Å². The maximum Gasteiger partial charge on any atom is 0.0900 e. The van der Waals surface area contributed by atoms with Crippen LogP contribution in [0.25, 0.3) is 0 Å². The minimum absolute atomic E-state index is 0.332. The molecule has 1 aliphatic carbocycles.